The van der Waals surface area contributed by atoms with Gasteiger partial charge in [-0.05, 0) is 57.8 Å². The lowest BCUT2D eigenvalue weighted by molar-refractivity contribution is 0.168. The van der Waals surface area contributed by atoms with Gasteiger partial charge in [0.05, 0.1) is 0 Å². The average Bonchev–Trinajstić information content (AvgIpc) is 2.45. The normalized spacial score (nSPS) is 19.5. The summed E-state index contributed by atoms with van der Waals surface area (Å²) in [6.45, 7) is 11.5. The number of hydrogen-bond acceptors (Lipinski definition) is 2. The molecule has 1 saturated heterocycles. The lowest BCUT2D eigenvalue weighted by Gasteiger charge is -2.34. The molecule has 1 aliphatic rings. The average molecular weight is 260 g/mol. The van der Waals surface area contributed by atoms with Crippen molar-refractivity contribution in [2.75, 3.05) is 19.6 Å². The van der Waals surface area contributed by atoms with Crippen molar-refractivity contribution in [1.29, 1.82) is 0 Å². The van der Waals surface area contributed by atoms with Crippen LogP contribution in [-0.4, -0.2) is 30.6 Å². The van der Waals surface area contributed by atoms with Gasteiger partial charge in [-0.3, -0.25) is 0 Å². The summed E-state index contributed by atoms with van der Waals surface area (Å²) in [6.07, 6.45) is 2.69. The highest BCUT2D eigenvalue weighted by Crippen LogP contribution is 2.20. The first-order chi connectivity index (χ1) is 9.19. The van der Waals surface area contributed by atoms with Crippen molar-refractivity contribution in [2.24, 2.45) is 5.92 Å². The van der Waals surface area contributed by atoms with Crippen molar-refractivity contribution in [2.45, 2.75) is 46.2 Å². The molecule has 1 N–H and O–H groups in total. The van der Waals surface area contributed by atoms with Crippen LogP contribution in [0, 0.1) is 12.8 Å². The Bertz CT molecular complexity index is 381. The molecule has 1 aliphatic heterocycles. The standard InChI is InChI=1S/C17H28N2/c1-4-19-10-8-17(9-11-19)15(3)18-13-16-7-5-6-14(2)12-16/h5-7,12,15,17-18H,4,8-11,13H2,1-3H3. The monoisotopic (exact) mass is 260 g/mol. The molecule has 1 atom stereocenters. The number of nitrogens with zero attached hydrogens (tertiary/aromatic N) is 1. The molecular weight excluding hydrogens is 232 g/mol. The molecule has 0 radical (unpaired) electrons. The zero-order chi connectivity index (χ0) is 13.7. The molecule has 0 spiro atoms. The second kappa shape index (κ2) is 7.06. The molecule has 1 aromatic rings. The molecule has 1 fully saturated rings. The first-order valence-electron chi connectivity index (χ1n) is 7.70. The summed E-state index contributed by atoms with van der Waals surface area (Å²) in [4.78, 5) is 2.56. The van der Waals surface area contributed by atoms with Crippen LogP contribution in [0.2, 0.25) is 0 Å². The van der Waals surface area contributed by atoms with E-state index >= 15 is 0 Å². The van der Waals surface area contributed by atoms with E-state index in [1.165, 1.54) is 43.6 Å². The maximum absolute atomic E-state index is 3.71. The second-order valence-corrected chi connectivity index (χ2v) is 5.93. The van der Waals surface area contributed by atoms with Crippen LogP contribution in [0.3, 0.4) is 0 Å². The topological polar surface area (TPSA) is 15.3 Å². The summed E-state index contributed by atoms with van der Waals surface area (Å²) in [6, 6.07) is 9.43. The minimum absolute atomic E-state index is 0.625. The van der Waals surface area contributed by atoms with E-state index in [0.29, 0.717) is 6.04 Å². The van der Waals surface area contributed by atoms with Crippen LogP contribution >= 0.6 is 0 Å². The molecule has 2 heteroatoms. The highest BCUT2D eigenvalue weighted by molar-refractivity contribution is 5.22. The van der Waals surface area contributed by atoms with Crippen molar-refractivity contribution >= 4 is 0 Å². The lowest BCUT2D eigenvalue weighted by Crippen LogP contribution is -2.41. The third kappa shape index (κ3) is 4.32. The minimum Gasteiger partial charge on any atom is -0.310 e. The number of rotatable bonds is 5. The van der Waals surface area contributed by atoms with Crippen molar-refractivity contribution in [3.8, 4) is 0 Å². The van der Waals surface area contributed by atoms with Gasteiger partial charge >= 0.3 is 0 Å². The van der Waals surface area contributed by atoms with Crippen LogP contribution in [-0.2, 0) is 6.54 Å². The van der Waals surface area contributed by atoms with E-state index in [0.717, 1.165) is 12.5 Å². The van der Waals surface area contributed by atoms with Gasteiger partial charge in [0.2, 0.25) is 0 Å². The number of benzene rings is 1. The van der Waals surface area contributed by atoms with Crippen molar-refractivity contribution in [1.82, 2.24) is 10.2 Å². The van der Waals surface area contributed by atoms with E-state index in [9.17, 15) is 0 Å². The fourth-order valence-electron chi connectivity index (χ4n) is 3.04. The van der Waals surface area contributed by atoms with Crippen LogP contribution in [0.1, 0.15) is 37.8 Å². The SMILES string of the molecule is CCN1CCC(C(C)NCc2cccc(C)c2)CC1. The zero-order valence-electron chi connectivity index (χ0n) is 12.7. The summed E-state index contributed by atoms with van der Waals surface area (Å²) in [5, 5.41) is 3.71. The zero-order valence-corrected chi connectivity index (χ0v) is 12.7. The van der Waals surface area contributed by atoms with Gasteiger partial charge in [0.15, 0.2) is 0 Å². The van der Waals surface area contributed by atoms with E-state index in [2.05, 4.69) is 55.3 Å². The maximum Gasteiger partial charge on any atom is 0.0208 e. The van der Waals surface area contributed by atoms with E-state index in [4.69, 9.17) is 0 Å². The second-order valence-electron chi connectivity index (χ2n) is 5.93. The predicted molar refractivity (Wildman–Crippen MR) is 82.3 cm³/mol. The molecule has 0 aromatic heterocycles. The van der Waals surface area contributed by atoms with Gasteiger partial charge in [-0.25, -0.2) is 0 Å². The highest BCUT2D eigenvalue weighted by Gasteiger charge is 2.22. The Labute approximate surface area is 118 Å². The number of nitrogens with one attached hydrogen (secondary N) is 1. The number of aryl methyl sites for hydroxylation is 1. The number of likely N-dealkylation sites (tertiary alicyclic amines) is 1. The molecule has 2 rings (SSSR count). The van der Waals surface area contributed by atoms with Crippen molar-refractivity contribution in [3.05, 3.63) is 35.4 Å². The van der Waals surface area contributed by atoms with E-state index < -0.39 is 0 Å². The summed E-state index contributed by atoms with van der Waals surface area (Å²) in [7, 11) is 0. The smallest absolute Gasteiger partial charge is 0.0208 e. The van der Waals surface area contributed by atoms with Crippen LogP contribution < -0.4 is 5.32 Å². The Balaban J connectivity index is 1.77. The quantitative estimate of drug-likeness (QED) is 0.874. The first-order valence-corrected chi connectivity index (χ1v) is 7.70. The van der Waals surface area contributed by atoms with Crippen molar-refractivity contribution < 1.29 is 0 Å². The van der Waals surface area contributed by atoms with E-state index in [-0.39, 0.29) is 0 Å². The molecule has 0 amide bonds. The van der Waals surface area contributed by atoms with Gasteiger partial charge in [0.1, 0.15) is 0 Å². The molecule has 1 aromatic carbocycles. The van der Waals surface area contributed by atoms with E-state index in [1.807, 2.05) is 0 Å². The van der Waals surface area contributed by atoms with Gasteiger partial charge in [0, 0.05) is 12.6 Å². The van der Waals surface area contributed by atoms with Crippen LogP contribution in [0.5, 0.6) is 0 Å². The van der Waals surface area contributed by atoms with Crippen LogP contribution in [0.15, 0.2) is 24.3 Å². The molecular formula is C17H28N2. The van der Waals surface area contributed by atoms with Gasteiger partial charge < -0.3 is 10.2 Å². The molecule has 19 heavy (non-hydrogen) atoms. The van der Waals surface area contributed by atoms with E-state index in [1.54, 1.807) is 0 Å². The summed E-state index contributed by atoms with van der Waals surface area (Å²) >= 11 is 0. The molecule has 0 aliphatic carbocycles. The highest BCUT2D eigenvalue weighted by atomic mass is 15.1. The summed E-state index contributed by atoms with van der Waals surface area (Å²) < 4.78 is 0. The van der Waals surface area contributed by atoms with Gasteiger partial charge in [-0.15, -0.1) is 0 Å². The van der Waals surface area contributed by atoms with Crippen LogP contribution in [0.4, 0.5) is 0 Å². The number of hydrogen-bond donors (Lipinski definition) is 1. The molecule has 1 unspecified atom stereocenters. The largest absolute Gasteiger partial charge is 0.310 e. The predicted octanol–water partition coefficient (Wildman–Crippen LogP) is 3.21. The van der Waals surface area contributed by atoms with Gasteiger partial charge in [-0.2, -0.15) is 0 Å². The fraction of sp³-hybridized carbons (Fsp3) is 0.647. The molecule has 2 nitrogen and oxygen atoms in total. The first kappa shape index (κ1) is 14.5. The van der Waals surface area contributed by atoms with Crippen LogP contribution in [0.25, 0.3) is 0 Å². The van der Waals surface area contributed by atoms with Crippen molar-refractivity contribution in [3.63, 3.8) is 0 Å². The Morgan fingerprint density at radius 2 is 2.05 bits per heavy atom. The Morgan fingerprint density at radius 3 is 2.68 bits per heavy atom. The Kier molecular flexibility index (Phi) is 5.41. The maximum atomic E-state index is 3.71. The third-order valence-electron chi connectivity index (χ3n) is 4.50. The Morgan fingerprint density at radius 1 is 1.32 bits per heavy atom. The third-order valence-corrected chi connectivity index (χ3v) is 4.50. The summed E-state index contributed by atoms with van der Waals surface area (Å²) in [5.41, 5.74) is 2.75. The van der Waals surface area contributed by atoms with Gasteiger partial charge in [-0.1, -0.05) is 36.8 Å². The Hall–Kier alpha value is -0.860. The molecule has 1 heterocycles. The molecule has 0 saturated carbocycles. The lowest BCUT2D eigenvalue weighted by atomic mass is 9.90. The number of piperidine rings is 1. The summed E-state index contributed by atoms with van der Waals surface area (Å²) in [5.74, 6) is 0.840. The molecule has 106 valence electrons. The fourth-order valence-corrected chi connectivity index (χ4v) is 3.04. The molecule has 0 bridgehead atoms. The van der Waals surface area contributed by atoms with Gasteiger partial charge in [0.25, 0.3) is 0 Å². The minimum atomic E-state index is 0.625.